The van der Waals surface area contributed by atoms with E-state index in [0.717, 1.165) is 101 Å². The van der Waals surface area contributed by atoms with Crippen LogP contribution in [-0.4, -0.2) is 51.2 Å². The van der Waals surface area contributed by atoms with Gasteiger partial charge >= 0.3 is 29.6 Å². The fraction of sp³-hybridized carbons (Fsp3) is 0.138. The normalized spacial score (nSPS) is 11.9. The van der Waals surface area contributed by atoms with Crippen LogP contribution in [0.1, 0.15) is 13.3 Å². The Kier molecular flexibility index (Phi) is 15.4. The third-order valence-electron chi connectivity index (χ3n) is 12.5. The molecule has 0 spiro atoms. The number of ether oxygens (including phenoxy) is 4. The number of aromatic nitrogens is 1. The van der Waals surface area contributed by atoms with Gasteiger partial charge in [0.15, 0.2) is 0 Å². The van der Waals surface area contributed by atoms with Crippen LogP contribution in [-0.2, 0) is 16.7 Å². The monoisotopic (exact) mass is 957 g/mol. The van der Waals surface area contributed by atoms with Gasteiger partial charge < -0.3 is 37.9 Å². The fourth-order valence-corrected chi connectivity index (χ4v) is 9.86. The van der Waals surface area contributed by atoms with Crippen molar-refractivity contribution in [3.63, 3.8) is 0 Å². The zero-order chi connectivity index (χ0) is 48.1. The van der Waals surface area contributed by atoms with Crippen molar-refractivity contribution in [1.29, 1.82) is 0 Å². The van der Waals surface area contributed by atoms with Gasteiger partial charge in [0.05, 0.1) is 44.7 Å². The number of aryl methyl sites for hydroxylation is 1. The molecular formula is C58H52N3NaO7S. The molecule has 1 heterocycles. The number of methoxy groups -OCH3 is 4. The number of para-hydroxylation sites is 2. The van der Waals surface area contributed by atoms with Crippen LogP contribution in [0.3, 0.4) is 0 Å². The van der Waals surface area contributed by atoms with Crippen LogP contribution < -0.4 is 58.3 Å². The van der Waals surface area contributed by atoms with E-state index in [1.165, 1.54) is 6.08 Å². The summed E-state index contributed by atoms with van der Waals surface area (Å²) < 4.78 is 62.1. The quantitative estimate of drug-likeness (QED) is 0.0501. The Morgan fingerprint density at radius 1 is 0.486 bits per heavy atom. The number of hydrogen-bond acceptors (Lipinski definition) is 9. The molecule has 1 aromatic heterocycles. The standard InChI is InChI=1S/C58H53N3O7S.Na/c1-6-9-52(69(62,63)64)38-39-59-57-53(40-14-18-42(19-15-40)60(44-22-30-48(65-2)31-23-44)45-24-32-49(66-3)33-25-45)10-7-12-55(57)56-13-8-11-54(58(56)59)41-16-20-43(21-17-41)61(46-26-34-50(67-4)35-27-46)47-28-36-51(68-5)37-29-47;/h6-37,52H,38-39H2,1-5H3,(H,62,63,64);/q;+1/p-1/b9-6+;. The van der Waals surface area contributed by atoms with Crippen LogP contribution in [0.4, 0.5) is 34.1 Å². The van der Waals surface area contributed by atoms with Crippen LogP contribution in [0.25, 0.3) is 44.1 Å². The Hall–Kier alpha value is -6.99. The summed E-state index contributed by atoms with van der Waals surface area (Å²) in [7, 11) is 1.99. The molecule has 12 heteroatoms. The van der Waals surface area contributed by atoms with E-state index in [9.17, 15) is 13.0 Å². The van der Waals surface area contributed by atoms with Gasteiger partial charge in [0.25, 0.3) is 0 Å². The first-order valence-electron chi connectivity index (χ1n) is 22.6. The predicted molar refractivity (Wildman–Crippen MR) is 279 cm³/mol. The number of rotatable bonds is 17. The molecule has 0 N–H and O–H groups in total. The minimum Gasteiger partial charge on any atom is -0.747 e. The predicted octanol–water partition coefficient (Wildman–Crippen LogP) is 11.0. The third-order valence-corrected chi connectivity index (χ3v) is 13.6. The zero-order valence-electron chi connectivity index (χ0n) is 40.1. The Bertz CT molecular complexity index is 3050. The molecule has 348 valence electrons. The van der Waals surface area contributed by atoms with Gasteiger partial charge in [-0.15, -0.1) is 0 Å². The Morgan fingerprint density at radius 3 is 1.06 bits per heavy atom. The summed E-state index contributed by atoms with van der Waals surface area (Å²) in [5.74, 6) is 3.05. The van der Waals surface area contributed by atoms with Crippen molar-refractivity contribution >= 4 is 66.0 Å². The summed E-state index contributed by atoms with van der Waals surface area (Å²) in [5.41, 5.74) is 11.5. The maximum atomic E-state index is 12.6. The van der Waals surface area contributed by atoms with Crippen molar-refractivity contribution in [2.24, 2.45) is 0 Å². The smallest absolute Gasteiger partial charge is 0.747 e. The zero-order valence-corrected chi connectivity index (χ0v) is 42.9. The minimum absolute atomic E-state index is 0. The molecule has 0 saturated carbocycles. The summed E-state index contributed by atoms with van der Waals surface area (Å²) in [6.45, 7) is 2.00. The van der Waals surface area contributed by atoms with E-state index in [2.05, 4.69) is 99.3 Å². The van der Waals surface area contributed by atoms with Crippen LogP contribution >= 0.6 is 0 Å². The van der Waals surface area contributed by atoms with Gasteiger partial charge in [0.1, 0.15) is 33.1 Å². The molecule has 0 radical (unpaired) electrons. The number of hydrogen-bond donors (Lipinski definition) is 0. The first-order chi connectivity index (χ1) is 33.6. The first kappa shape index (κ1) is 49.4. The maximum Gasteiger partial charge on any atom is 1.00 e. The molecule has 0 aliphatic carbocycles. The largest absolute Gasteiger partial charge is 1.00 e. The third kappa shape index (κ3) is 10.2. The Labute approximate surface area is 432 Å². The molecule has 70 heavy (non-hydrogen) atoms. The van der Waals surface area contributed by atoms with Crippen molar-refractivity contribution in [3.05, 3.63) is 194 Å². The SMILES string of the molecule is C/C=C/C(CCn1c2c(-c3ccc(N(c4ccc(OC)cc4)c4ccc(OC)cc4)cc3)cccc2c2cccc(-c3ccc(N(c4ccc(OC)cc4)c4ccc(OC)cc4)cc3)c21)S(=O)(=O)[O-].[Na+]. The Morgan fingerprint density at radius 2 is 0.786 bits per heavy atom. The second-order valence-corrected chi connectivity index (χ2v) is 18.0. The number of benzene rings is 8. The molecule has 0 amide bonds. The molecule has 1 atom stereocenters. The van der Waals surface area contributed by atoms with Crippen LogP contribution in [0.2, 0.25) is 0 Å². The van der Waals surface area contributed by atoms with Crippen LogP contribution in [0.5, 0.6) is 23.0 Å². The molecule has 0 aliphatic heterocycles. The van der Waals surface area contributed by atoms with Crippen molar-refractivity contribution in [2.75, 3.05) is 38.2 Å². The summed E-state index contributed by atoms with van der Waals surface area (Å²) in [6, 6.07) is 61.3. The molecule has 8 aromatic carbocycles. The molecular weight excluding hydrogens is 906 g/mol. The van der Waals surface area contributed by atoms with E-state index >= 15 is 0 Å². The molecule has 0 bridgehead atoms. The van der Waals surface area contributed by atoms with Crippen molar-refractivity contribution in [1.82, 2.24) is 4.57 Å². The summed E-state index contributed by atoms with van der Waals surface area (Å²) in [5, 5.41) is 0.832. The van der Waals surface area contributed by atoms with E-state index in [4.69, 9.17) is 18.9 Å². The molecule has 0 saturated heterocycles. The van der Waals surface area contributed by atoms with E-state index in [0.29, 0.717) is 0 Å². The number of anilines is 6. The average molecular weight is 958 g/mol. The molecule has 9 rings (SSSR count). The number of nitrogens with zero attached hydrogens (tertiary/aromatic N) is 3. The summed E-state index contributed by atoms with van der Waals surface area (Å²) >= 11 is 0. The average Bonchev–Trinajstić information content (AvgIpc) is 3.72. The van der Waals surface area contributed by atoms with Gasteiger partial charge in [-0.3, -0.25) is 0 Å². The Balaban J connectivity index is 0.00000659. The molecule has 0 aliphatic rings. The van der Waals surface area contributed by atoms with Gasteiger partial charge in [0.2, 0.25) is 0 Å². The fourth-order valence-electron chi connectivity index (χ4n) is 9.11. The van der Waals surface area contributed by atoms with Gasteiger partial charge in [-0.05, 0) is 146 Å². The van der Waals surface area contributed by atoms with Crippen molar-refractivity contribution in [2.45, 2.75) is 25.1 Å². The van der Waals surface area contributed by atoms with Gasteiger partial charge in [-0.1, -0.05) is 72.8 Å². The molecule has 10 nitrogen and oxygen atoms in total. The molecule has 1 unspecified atom stereocenters. The number of fused-ring (bicyclic) bond motifs is 3. The molecule has 0 fully saturated rings. The van der Waals surface area contributed by atoms with Gasteiger partial charge in [-0.25, -0.2) is 8.42 Å². The second-order valence-electron chi connectivity index (χ2n) is 16.5. The van der Waals surface area contributed by atoms with E-state index in [-0.39, 0.29) is 42.5 Å². The van der Waals surface area contributed by atoms with Crippen molar-refractivity contribution < 1.29 is 61.5 Å². The van der Waals surface area contributed by atoms with Gasteiger partial charge in [-0.2, -0.15) is 0 Å². The van der Waals surface area contributed by atoms with Gasteiger partial charge in [0, 0.05) is 62.6 Å². The minimum atomic E-state index is -4.63. The van der Waals surface area contributed by atoms with Crippen LogP contribution in [0, 0.1) is 0 Å². The first-order valence-corrected chi connectivity index (χ1v) is 24.1. The van der Waals surface area contributed by atoms with E-state index in [1.54, 1.807) is 41.4 Å². The van der Waals surface area contributed by atoms with E-state index < -0.39 is 15.4 Å². The topological polar surface area (TPSA) is 106 Å². The van der Waals surface area contributed by atoms with E-state index in [1.807, 2.05) is 97.1 Å². The maximum absolute atomic E-state index is 12.6. The second kappa shape index (κ2) is 21.8. The van der Waals surface area contributed by atoms with Crippen LogP contribution in [0.15, 0.2) is 194 Å². The molecule has 9 aromatic rings. The summed E-state index contributed by atoms with van der Waals surface area (Å²) in [4.78, 5) is 4.35. The summed E-state index contributed by atoms with van der Waals surface area (Å²) in [6.07, 6.45) is 3.21. The van der Waals surface area contributed by atoms with Crippen molar-refractivity contribution in [3.8, 4) is 45.3 Å². The number of allylic oxidation sites excluding steroid dienone is 1.